The molecule has 1 fully saturated rings. The van der Waals surface area contributed by atoms with Crippen LogP contribution in [-0.2, 0) is 4.79 Å². The van der Waals surface area contributed by atoms with Crippen LogP contribution in [0.25, 0.3) is 11.3 Å². The van der Waals surface area contributed by atoms with Gasteiger partial charge in [0.2, 0.25) is 5.91 Å². The summed E-state index contributed by atoms with van der Waals surface area (Å²) in [6.45, 7) is 4.61. The summed E-state index contributed by atoms with van der Waals surface area (Å²) in [6, 6.07) is 7.99. The molecule has 1 saturated heterocycles. The second-order valence-electron chi connectivity index (χ2n) is 6.67. The van der Waals surface area contributed by atoms with Crippen LogP contribution < -0.4 is 0 Å². The summed E-state index contributed by atoms with van der Waals surface area (Å²) in [5.74, 6) is 0.553. The number of carbonyl (C=O) groups is 1. The molecule has 1 aliphatic heterocycles. The van der Waals surface area contributed by atoms with Crippen LogP contribution in [-0.4, -0.2) is 22.5 Å². The molecular weight excluding hydrogens is 307 g/mol. The number of hydrogen-bond donors (Lipinski definition) is 0. The molecule has 24 heavy (non-hydrogen) atoms. The van der Waals surface area contributed by atoms with E-state index in [4.69, 9.17) is 4.52 Å². The van der Waals surface area contributed by atoms with E-state index in [9.17, 15) is 9.18 Å². The van der Waals surface area contributed by atoms with Crippen molar-refractivity contribution in [3.63, 3.8) is 0 Å². The Labute approximate surface area is 141 Å². The Morgan fingerprint density at radius 2 is 2.00 bits per heavy atom. The molecule has 0 spiro atoms. The van der Waals surface area contributed by atoms with E-state index in [0.717, 1.165) is 37.8 Å². The highest BCUT2D eigenvalue weighted by molar-refractivity contribution is 5.78. The lowest BCUT2D eigenvalue weighted by molar-refractivity contribution is -0.137. The van der Waals surface area contributed by atoms with Gasteiger partial charge in [0.25, 0.3) is 0 Å². The van der Waals surface area contributed by atoms with Crippen LogP contribution in [0.1, 0.15) is 51.3 Å². The smallest absolute Gasteiger partial charge is 0.225 e. The normalized spacial score (nSPS) is 18.7. The first-order chi connectivity index (χ1) is 11.6. The van der Waals surface area contributed by atoms with Crippen molar-refractivity contribution < 1.29 is 13.7 Å². The largest absolute Gasteiger partial charge is 0.359 e. The molecular formula is C19H23FN2O2. The minimum absolute atomic E-state index is 0.0370. The van der Waals surface area contributed by atoms with Crippen LogP contribution >= 0.6 is 0 Å². The second-order valence-corrected chi connectivity index (χ2v) is 6.67. The number of aromatic nitrogens is 1. The Morgan fingerprint density at radius 1 is 1.25 bits per heavy atom. The van der Waals surface area contributed by atoms with Crippen LogP contribution in [0, 0.1) is 11.7 Å². The first-order valence-corrected chi connectivity index (χ1v) is 8.59. The quantitative estimate of drug-likeness (QED) is 0.827. The lowest BCUT2D eigenvalue weighted by Crippen LogP contribution is -2.37. The maximum absolute atomic E-state index is 13.1. The summed E-state index contributed by atoms with van der Waals surface area (Å²) in [5.41, 5.74) is 1.48. The Hall–Kier alpha value is -2.17. The van der Waals surface area contributed by atoms with Crippen molar-refractivity contribution in [2.75, 3.05) is 6.54 Å². The zero-order valence-electron chi connectivity index (χ0n) is 14.2. The average molecular weight is 330 g/mol. The van der Waals surface area contributed by atoms with Gasteiger partial charge in [0.05, 0.1) is 6.04 Å². The van der Waals surface area contributed by atoms with Gasteiger partial charge in [-0.2, -0.15) is 0 Å². The molecule has 2 aromatic rings. The van der Waals surface area contributed by atoms with Gasteiger partial charge in [0, 0.05) is 24.1 Å². The number of benzene rings is 1. The predicted octanol–water partition coefficient (Wildman–Crippen LogP) is 4.58. The minimum Gasteiger partial charge on any atom is -0.359 e. The lowest BCUT2D eigenvalue weighted by atomic mass is 10.0. The van der Waals surface area contributed by atoms with E-state index < -0.39 is 0 Å². The van der Waals surface area contributed by atoms with E-state index in [-0.39, 0.29) is 23.7 Å². The molecule has 3 rings (SSSR count). The third-order valence-corrected chi connectivity index (χ3v) is 4.53. The van der Waals surface area contributed by atoms with Crippen LogP contribution in [0.2, 0.25) is 0 Å². The van der Waals surface area contributed by atoms with Gasteiger partial charge in [-0.1, -0.05) is 31.8 Å². The summed E-state index contributed by atoms with van der Waals surface area (Å²) in [5, 5.41) is 4.13. The van der Waals surface area contributed by atoms with E-state index >= 15 is 0 Å². The molecule has 2 heterocycles. The topological polar surface area (TPSA) is 46.3 Å². The highest BCUT2D eigenvalue weighted by Gasteiger charge is 2.30. The summed E-state index contributed by atoms with van der Waals surface area (Å²) < 4.78 is 18.6. The maximum atomic E-state index is 13.1. The molecule has 0 unspecified atom stereocenters. The van der Waals surface area contributed by atoms with E-state index in [0.29, 0.717) is 11.5 Å². The predicted molar refractivity (Wildman–Crippen MR) is 89.7 cm³/mol. The lowest BCUT2D eigenvalue weighted by Gasteiger charge is -2.29. The molecule has 0 radical (unpaired) electrons. The number of halogens is 1. The van der Waals surface area contributed by atoms with Crippen molar-refractivity contribution in [2.24, 2.45) is 5.92 Å². The summed E-state index contributed by atoms with van der Waals surface area (Å²) in [7, 11) is 0. The first-order valence-electron chi connectivity index (χ1n) is 8.59. The molecule has 1 aliphatic rings. The van der Waals surface area contributed by atoms with Gasteiger partial charge >= 0.3 is 0 Å². The van der Waals surface area contributed by atoms with Gasteiger partial charge in [-0.3, -0.25) is 4.79 Å². The number of carbonyl (C=O) groups excluding carboxylic acids is 1. The van der Waals surface area contributed by atoms with Crippen molar-refractivity contribution in [3.05, 3.63) is 41.9 Å². The number of nitrogens with zero attached hydrogens (tertiary/aromatic N) is 2. The van der Waals surface area contributed by atoms with Gasteiger partial charge in [0.15, 0.2) is 5.76 Å². The SMILES string of the molecule is CC(C)C(=O)N1CCCCC[C@@H]1c1cc(-c2ccc(F)cc2)no1. The summed E-state index contributed by atoms with van der Waals surface area (Å²) in [4.78, 5) is 14.5. The Bertz CT molecular complexity index is 694. The molecule has 0 N–H and O–H groups in total. The zero-order valence-corrected chi connectivity index (χ0v) is 14.2. The molecule has 4 nitrogen and oxygen atoms in total. The fraction of sp³-hybridized carbons (Fsp3) is 0.474. The molecule has 0 saturated carbocycles. The van der Waals surface area contributed by atoms with Crippen LogP contribution in [0.15, 0.2) is 34.9 Å². The van der Waals surface area contributed by atoms with E-state index in [2.05, 4.69) is 5.16 Å². The summed E-state index contributed by atoms with van der Waals surface area (Å²) in [6.07, 6.45) is 4.10. The van der Waals surface area contributed by atoms with E-state index in [1.165, 1.54) is 12.1 Å². The standard InChI is InChI=1S/C19H23FN2O2/c1-13(2)19(23)22-11-5-3-4-6-17(22)18-12-16(21-24-18)14-7-9-15(20)10-8-14/h7-10,12-13,17H,3-6,11H2,1-2H3/t17-/m1/s1. The monoisotopic (exact) mass is 330 g/mol. The van der Waals surface area contributed by atoms with Gasteiger partial charge in [-0.05, 0) is 37.1 Å². The third-order valence-electron chi connectivity index (χ3n) is 4.53. The zero-order chi connectivity index (χ0) is 17.1. The van der Waals surface area contributed by atoms with Crippen LogP contribution in [0.5, 0.6) is 0 Å². The molecule has 1 atom stereocenters. The van der Waals surface area contributed by atoms with Crippen LogP contribution in [0.4, 0.5) is 4.39 Å². The minimum atomic E-state index is -0.278. The van der Waals surface area contributed by atoms with E-state index in [1.54, 1.807) is 12.1 Å². The highest BCUT2D eigenvalue weighted by Crippen LogP contribution is 2.33. The molecule has 5 heteroatoms. The summed E-state index contributed by atoms with van der Waals surface area (Å²) >= 11 is 0. The van der Waals surface area contributed by atoms with Crippen molar-refractivity contribution in [1.29, 1.82) is 0 Å². The fourth-order valence-electron chi connectivity index (χ4n) is 3.20. The molecule has 0 bridgehead atoms. The molecule has 1 aromatic carbocycles. The maximum Gasteiger partial charge on any atom is 0.225 e. The average Bonchev–Trinajstić information content (AvgIpc) is 2.92. The molecule has 1 amide bonds. The molecule has 0 aliphatic carbocycles. The van der Waals surface area contributed by atoms with Gasteiger partial charge in [-0.15, -0.1) is 0 Å². The number of hydrogen-bond acceptors (Lipinski definition) is 3. The van der Waals surface area contributed by atoms with E-state index in [1.807, 2.05) is 24.8 Å². The van der Waals surface area contributed by atoms with Crippen molar-refractivity contribution in [1.82, 2.24) is 10.1 Å². The second kappa shape index (κ2) is 7.16. The van der Waals surface area contributed by atoms with Crippen LogP contribution in [0.3, 0.4) is 0 Å². The first kappa shape index (κ1) is 16.7. The van der Waals surface area contributed by atoms with Gasteiger partial charge in [0.1, 0.15) is 11.5 Å². The highest BCUT2D eigenvalue weighted by atomic mass is 19.1. The molecule has 128 valence electrons. The third kappa shape index (κ3) is 3.50. The fourth-order valence-corrected chi connectivity index (χ4v) is 3.20. The van der Waals surface area contributed by atoms with Gasteiger partial charge < -0.3 is 9.42 Å². The number of amides is 1. The van der Waals surface area contributed by atoms with Crippen molar-refractivity contribution in [3.8, 4) is 11.3 Å². The Balaban J connectivity index is 1.88. The molecule has 1 aromatic heterocycles. The van der Waals surface area contributed by atoms with Gasteiger partial charge in [-0.25, -0.2) is 4.39 Å². The Kier molecular flexibility index (Phi) is 4.97. The Morgan fingerprint density at radius 3 is 2.71 bits per heavy atom. The number of likely N-dealkylation sites (tertiary alicyclic amines) is 1. The number of rotatable bonds is 3. The van der Waals surface area contributed by atoms with Crippen molar-refractivity contribution >= 4 is 5.91 Å². The van der Waals surface area contributed by atoms with Crippen molar-refractivity contribution in [2.45, 2.75) is 45.6 Å².